The van der Waals surface area contributed by atoms with Gasteiger partial charge in [-0.05, 0) is 6.42 Å². The maximum atomic E-state index is 10.8. The maximum Gasteiger partial charge on any atom is 0.330 e. The number of rotatable bonds is 9. The van der Waals surface area contributed by atoms with Crippen LogP contribution in [0.2, 0.25) is 0 Å². The summed E-state index contributed by atoms with van der Waals surface area (Å²) in [6.07, 6.45) is 0.172. The van der Waals surface area contributed by atoms with Crippen molar-refractivity contribution in [3.8, 4) is 0 Å². The molecule has 0 aliphatic heterocycles. The average molecular weight is 260 g/mol. The van der Waals surface area contributed by atoms with Crippen LogP contribution < -0.4 is 0 Å². The zero-order valence-corrected chi connectivity index (χ0v) is 11.0. The first-order valence-electron chi connectivity index (χ1n) is 5.50. The summed E-state index contributed by atoms with van der Waals surface area (Å²) < 4.78 is 15.0. The molecule has 0 amide bonds. The molecular weight excluding hydrogens is 240 g/mol. The molecule has 0 radical (unpaired) electrons. The van der Waals surface area contributed by atoms with Gasteiger partial charge in [0.25, 0.3) is 0 Å². The Balaban J connectivity index is 4.45. The largest absolute Gasteiger partial charge is 0.478 e. The van der Waals surface area contributed by atoms with Crippen LogP contribution in [0.5, 0.6) is 0 Å². The Morgan fingerprint density at radius 2 is 1.83 bits per heavy atom. The standard InChI is InChI=1S/C12H20O6/c1-8(12(14)15)5-10(7-18-9(2)13)6-11(16-3)17-4/h10-11H,1,5-7H2,2-4H3,(H,14,15). The van der Waals surface area contributed by atoms with Crippen LogP contribution in [-0.2, 0) is 23.8 Å². The Hall–Kier alpha value is -1.40. The minimum Gasteiger partial charge on any atom is -0.478 e. The second-order valence-electron chi connectivity index (χ2n) is 3.92. The van der Waals surface area contributed by atoms with Crippen LogP contribution >= 0.6 is 0 Å². The van der Waals surface area contributed by atoms with Gasteiger partial charge in [-0.2, -0.15) is 0 Å². The van der Waals surface area contributed by atoms with Crippen LogP contribution in [0, 0.1) is 5.92 Å². The van der Waals surface area contributed by atoms with E-state index in [1.165, 1.54) is 21.1 Å². The molecule has 0 spiro atoms. The van der Waals surface area contributed by atoms with Crippen molar-refractivity contribution in [2.75, 3.05) is 20.8 Å². The molecule has 0 aromatic rings. The van der Waals surface area contributed by atoms with Crippen molar-refractivity contribution in [3.05, 3.63) is 12.2 Å². The molecular formula is C12H20O6. The third kappa shape index (κ3) is 7.03. The smallest absolute Gasteiger partial charge is 0.330 e. The topological polar surface area (TPSA) is 82.1 Å². The van der Waals surface area contributed by atoms with Crippen molar-refractivity contribution in [2.45, 2.75) is 26.1 Å². The number of carboxylic acid groups (broad SMARTS) is 1. The van der Waals surface area contributed by atoms with E-state index in [9.17, 15) is 9.59 Å². The van der Waals surface area contributed by atoms with Crippen LogP contribution in [0.4, 0.5) is 0 Å². The molecule has 0 aromatic carbocycles. The van der Waals surface area contributed by atoms with E-state index in [0.29, 0.717) is 6.42 Å². The number of carbonyl (C=O) groups is 2. The van der Waals surface area contributed by atoms with Gasteiger partial charge in [0.1, 0.15) is 0 Å². The fraction of sp³-hybridized carbons (Fsp3) is 0.667. The van der Waals surface area contributed by atoms with E-state index in [1.807, 2.05) is 0 Å². The van der Waals surface area contributed by atoms with Gasteiger partial charge >= 0.3 is 11.9 Å². The number of hydrogen-bond acceptors (Lipinski definition) is 5. The molecule has 0 saturated heterocycles. The highest BCUT2D eigenvalue weighted by molar-refractivity contribution is 5.85. The lowest BCUT2D eigenvalue weighted by Crippen LogP contribution is -2.23. The zero-order valence-electron chi connectivity index (χ0n) is 11.0. The van der Waals surface area contributed by atoms with E-state index in [2.05, 4.69) is 6.58 Å². The summed E-state index contributed by atoms with van der Waals surface area (Å²) >= 11 is 0. The van der Waals surface area contributed by atoms with Crippen LogP contribution in [0.1, 0.15) is 19.8 Å². The van der Waals surface area contributed by atoms with Gasteiger partial charge in [0, 0.05) is 39.1 Å². The predicted octanol–water partition coefficient (Wildman–Crippen LogP) is 1.21. The van der Waals surface area contributed by atoms with Gasteiger partial charge in [-0.1, -0.05) is 6.58 Å². The third-order valence-corrected chi connectivity index (χ3v) is 2.41. The van der Waals surface area contributed by atoms with E-state index in [4.69, 9.17) is 19.3 Å². The molecule has 0 aromatic heterocycles. The van der Waals surface area contributed by atoms with Crippen molar-refractivity contribution in [1.29, 1.82) is 0 Å². The molecule has 0 fully saturated rings. The average Bonchev–Trinajstić information content (AvgIpc) is 2.31. The van der Waals surface area contributed by atoms with E-state index in [1.54, 1.807) is 0 Å². The lowest BCUT2D eigenvalue weighted by atomic mass is 9.97. The normalized spacial score (nSPS) is 12.2. The van der Waals surface area contributed by atoms with Crippen molar-refractivity contribution >= 4 is 11.9 Å². The first-order chi connectivity index (χ1) is 8.40. The molecule has 1 unspecified atom stereocenters. The lowest BCUT2D eigenvalue weighted by molar-refractivity contribution is -0.146. The molecule has 1 atom stereocenters. The summed E-state index contributed by atoms with van der Waals surface area (Å²) in [7, 11) is 2.98. The van der Waals surface area contributed by atoms with Crippen LogP contribution in [0.25, 0.3) is 0 Å². The molecule has 0 aliphatic carbocycles. The quantitative estimate of drug-likeness (QED) is 0.381. The highest BCUT2D eigenvalue weighted by atomic mass is 16.7. The van der Waals surface area contributed by atoms with Gasteiger partial charge in [-0.25, -0.2) is 4.79 Å². The minimum atomic E-state index is -1.06. The first-order valence-corrected chi connectivity index (χ1v) is 5.50. The predicted molar refractivity (Wildman–Crippen MR) is 63.9 cm³/mol. The van der Waals surface area contributed by atoms with E-state index >= 15 is 0 Å². The molecule has 1 N–H and O–H groups in total. The summed E-state index contributed by atoms with van der Waals surface area (Å²) in [5.74, 6) is -1.68. The molecule has 0 heterocycles. The third-order valence-electron chi connectivity index (χ3n) is 2.41. The maximum absolute atomic E-state index is 10.8. The Labute approximate surface area is 107 Å². The van der Waals surface area contributed by atoms with E-state index in [-0.39, 0.29) is 24.5 Å². The SMILES string of the molecule is C=C(CC(COC(C)=O)CC(OC)OC)C(=O)O. The number of carboxylic acids is 1. The molecule has 6 nitrogen and oxygen atoms in total. The fourth-order valence-corrected chi connectivity index (χ4v) is 1.44. The van der Waals surface area contributed by atoms with Gasteiger partial charge in [0.05, 0.1) is 6.61 Å². The molecule has 104 valence electrons. The molecule has 0 bridgehead atoms. The summed E-state index contributed by atoms with van der Waals surface area (Å²) in [5, 5.41) is 8.79. The molecule has 0 saturated carbocycles. The van der Waals surface area contributed by atoms with Gasteiger partial charge in [-0.15, -0.1) is 0 Å². The van der Waals surface area contributed by atoms with Crippen LogP contribution in [-0.4, -0.2) is 44.2 Å². The Morgan fingerprint density at radius 3 is 2.22 bits per heavy atom. The van der Waals surface area contributed by atoms with Gasteiger partial charge in [0.15, 0.2) is 6.29 Å². The summed E-state index contributed by atoms with van der Waals surface area (Å²) in [6.45, 7) is 4.87. The summed E-state index contributed by atoms with van der Waals surface area (Å²) in [6, 6.07) is 0. The van der Waals surface area contributed by atoms with Gasteiger partial charge in [0.2, 0.25) is 0 Å². The Bertz CT molecular complexity index is 295. The van der Waals surface area contributed by atoms with Crippen LogP contribution in [0.15, 0.2) is 12.2 Å². The zero-order chi connectivity index (χ0) is 14.1. The number of esters is 1. The van der Waals surface area contributed by atoms with Crippen molar-refractivity contribution in [2.24, 2.45) is 5.92 Å². The molecule has 0 rings (SSSR count). The minimum absolute atomic E-state index is 0.0677. The molecule has 6 heteroatoms. The van der Waals surface area contributed by atoms with Crippen molar-refractivity contribution < 1.29 is 28.9 Å². The van der Waals surface area contributed by atoms with E-state index < -0.39 is 18.2 Å². The van der Waals surface area contributed by atoms with E-state index in [0.717, 1.165) is 0 Å². The molecule has 0 aliphatic rings. The Kier molecular flexibility index (Phi) is 7.98. The second-order valence-corrected chi connectivity index (χ2v) is 3.92. The van der Waals surface area contributed by atoms with Crippen molar-refractivity contribution in [3.63, 3.8) is 0 Å². The monoisotopic (exact) mass is 260 g/mol. The first kappa shape index (κ1) is 16.6. The van der Waals surface area contributed by atoms with Crippen LogP contribution in [0.3, 0.4) is 0 Å². The number of aliphatic carboxylic acids is 1. The Morgan fingerprint density at radius 1 is 1.28 bits per heavy atom. The number of methoxy groups -OCH3 is 2. The fourth-order valence-electron chi connectivity index (χ4n) is 1.44. The van der Waals surface area contributed by atoms with Gasteiger partial charge < -0.3 is 19.3 Å². The highest BCUT2D eigenvalue weighted by Gasteiger charge is 2.20. The second kappa shape index (κ2) is 8.66. The number of ether oxygens (including phenoxy) is 3. The summed E-state index contributed by atoms with van der Waals surface area (Å²) in [4.78, 5) is 21.5. The number of hydrogen-bond donors (Lipinski definition) is 1. The van der Waals surface area contributed by atoms with Crippen molar-refractivity contribution in [1.82, 2.24) is 0 Å². The molecule has 18 heavy (non-hydrogen) atoms. The summed E-state index contributed by atoms with van der Waals surface area (Å²) in [5.41, 5.74) is 0.0677. The van der Waals surface area contributed by atoms with Gasteiger partial charge in [-0.3, -0.25) is 4.79 Å². The highest BCUT2D eigenvalue weighted by Crippen LogP contribution is 2.19. The lowest BCUT2D eigenvalue weighted by Gasteiger charge is -2.21. The number of carbonyl (C=O) groups excluding carboxylic acids is 1.